The lowest BCUT2D eigenvalue weighted by atomic mass is 10.1. The van der Waals surface area contributed by atoms with Crippen molar-refractivity contribution < 1.29 is 28.8 Å². The van der Waals surface area contributed by atoms with Gasteiger partial charge in [-0.05, 0) is 13.0 Å². The first-order chi connectivity index (χ1) is 12.8. The molecular formula is C17H21N3O7. The van der Waals surface area contributed by atoms with E-state index in [2.05, 4.69) is 0 Å². The summed E-state index contributed by atoms with van der Waals surface area (Å²) in [4.78, 5) is 50.9. The second-order valence-corrected chi connectivity index (χ2v) is 5.92. The van der Waals surface area contributed by atoms with Crippen LogP contribution in [0.3, 0.4) is 0 Å². The number of fused-ring (bicyclic) bond motifs is 1. The fraction of sp³-hybridized carbons (Fsp3) is 0.471. The van der Waals surface area contributed by atoms with Crippen molar-refractivity contribution in [3.05, 3.63) is 39.4 Å². The summed E-state index contributed by atoms with van der Waals surface area (Å²) in [6.07, 6.45) is 0. The quantitative estimate of drug-likeness (QED) is 0.352. The van der Waals surface area contributed by atoms with E-state index >= 15 is 0 Å². The van der Waals surface area contributed by atoms with Crippen LogP contribution in [-0.4, -0.2) is 79.0 Å². The number of amides is 3. The Balaban J connectivity index is 2.30. The van der Waals surface area contributed by atoms with Crippen molar-refractivity contribution in [2.75, 3.05) is 40.5 Å². The van der Waals surface area contributed by atoms with E-state index in [0.29, 0.717) is 0 Å². The zero-order valence-corrected chi connectivity index (χ0v) is 15.3. The maximum Gasteiger partial charge on any atom is 0.282 e. The van der Waals surface area contributed by atoms with E-state index in [4.69, 9.17) is 9.47 Å². The lowest BCUT2D eigenvalue weighted by Crippen LogP contribution is -2.50. The molecular weight excluding hydrogens is 358 g/mol. The van der Waals surface area contributed by atoms with E-state index in [1.54, 1.807) is 0 Å². The van der Waals surface area contributed by atoms with Crippen LogP contribution in [0.2, 0.25) is 0 Å². The number of nitro benzene ring substituents is 1. The molecule has 27 heavy (non-hydrogen) atoms. The molecule has 1 atom stereocenters. The van der Waals surface area contributed by atoms with Crippen molar-refractivity contribution >= 4 is 23.4 Å². The molecule has 3 amide bonds. The zero-order chi connectivity index (χ0) is 20.1. The summed E-state index contributed by atoms with van der Waals surface area (Å²) in [6, 6.07) is 2.71. The molecule has 1 aliphatic heterocycles. The summed E-state index contributed by atoms with van der Waals surface area (Å²) in [7, 11) is 2.98. The Hall–Kier alpha value is -2.85. The third-order valence-electron chi connectivity index (χ3n) is 4.31. The molecule has 0 aromatic heterocycles. The molecule has 146 valence electrons. The van der Waals surface area contributed by atoms with Crippen LogP contribution in [0.25, 0.3) is 0 Å². The van der Waals surface area contributed by atoms with Crippen LogP contribution in [0.5, 0.6) is 0 Å². The number of nitro groups is 1. The van der Waals surface area contributed by atoms with Crippen LogP contribution in [0.4, 0.5) is 5.69 Å². The lowest BCUT2D eigenvalue weighted by molar-refractivity contribution is -0.385. The number of carbonyl (C=O) groups is 3. The number of ether oxygens (including phenoxy) is 2. The zero-order valence-electron chi connectivity index (χ0n) is 15.3. The Morgan fingerprint density at radius 2 is 1.78 bits per heavy atom. The first-order valence-electron chi connectivity index (χ1n) is 8.27. The molecule has 10 nitrogen and oxygen atoms in total. The molecule has 10 heteroatoms. The minimum Gasteiger partial charge on any atom is -0.383 e. The Bertz CT molecular complexity index is 757. The van der Waals surface area contributed by atoms with Crippen LogP contribution >= 0.6 is 0 Å². The molecule has 0 bridgehead atoms. The number of benzene rings is 1. The highest BCUT2D eigenvalue weighted by Crippen LogP contribution is 2.32. The Morgan fingerprint density at radius 1 is 1.19 bits per heavy atom. The van der Waals surface area contributed by atoms with Gasteiger partial charge in [-0.3, -0.25) is 29.4 Å². The second-order valence-electron chi connectivity index (χ2n) is 5.92. The van der Waals surface area contributed by atoms with E-state index < -0.39 is 34.4 Å². The Labute approximate surface area is 155 Å². The maximum absolute atomic E-state index is 12.8. The second kappa shape index (κ2) is 8.69. The topological polar surface area (TPSA) is 119 Å². The van der Waals surface area contributed by atoms with E-state index in [0.717, 1.165) is 11.0 Å². The summed E-state index contributed by atoms with van der Waals surface area (Å²) in [5, 5.41) is 11.2. The van der Waals surface area contributed by atoms with Crippen molar-refractivity contribution in [3.8, 4) is 0 Å². The minimum atomic E-state index is -1.12. The molecule has 0 fully saturated rings. The summed E-state index contributed by atoms with van der Waals surface area (Å²) in [5.74, 6) is -2.04. The van der Waals surface area contributed by atoms with E-state index in [-0.39, 0.29) is 37.4 Å². The molecule has 0 saturated carbocycles. The smallest absolute Gasteiger partial charge is 0.282 e. The van der Waals surface area contributed by atoms with Crippen molar-refractivity contribution in [2.24, 2.45) is 0 Å². The van der Waals surface area contributed by atoms with Crippen LogP contribution in [0.15, 0.2) is 18.2 Å². The number of imide groups is 1. The van der Waals surface area contributed by atoms with Crippen molar-refractivity contribution in [1.82, 2.24) is 9.80 Å². The molecule has 1 aliphatic rings. The molecule has 1 heterocycles. The molecule has 0 radical (unpaired) electrons. The molecule has 1 unspecified atom stereocenters. The van der Waals surface area contributed by atoms with Gasteiger partial charge in [0.2, 0.25) is 5.91 Å². The maximum atomic E-state index is 12.8. The Morgan fingerprint density at radius 3 is 2.30 bits per heavy atom. The summed E-state index contributed by atoms with van der Waals surface area (Å²) < 4.78 is 9.97. The molecule has 0 saturated heterocycles. The summed E-state index contributed by atoms with van der Waals surface area (Å²) >= 11 is 0. The van der Waals surface area contributed by atoms with Crippen LogP contribution in [-0.2, 0) is 14.3 Å². The van der Waals surface area contributed by atoms with Gasteiger partial charge in [0.05, 0.1) is 23.7 Å². The molecule has 0 N–H and O–H groups in total. The largest absolute Gasteiger partial charge is 0.383 e. The average Bonchev–Trinajstić information content (AvgIpc) is 2.91. The van der Waals surface area contributed by atoms with Crippen molar-refractivity contribution in [3.63, 3.8) is 0 Å². The van der Waals surface area contributed by atoms with E-state index in [1.165, 1.54) is 38.2 Å². The highest BCUT2D eigenvalue weighted by Gasteiger charge is 2.45. The number of hydrogen-bond donors (Lipinski definition) is 0. The highest BCUT2D eigenvalue weighted by molar-refractivity contribution is 6.24. The first-order valence-corrected chi connectivity index (χ1v) is 8.27. The number of rotatable bonds is 9. The van der Waals surface area contributed by atoms with Gasteiger partial charge in [0.15, 0.2) is 0 Å². The number of hydrogen-bond acceptors (Lipinski definition) is 7. The van der Waals surface area contributed by atoms with Gasteiger partial charge >= 0.3 is 0 Å². The normalized spacial score (nSPS) is 14.3. The summed E-state index contributed by atoms with van der Waals surface area (Å²) in [5.41, 5.74) is -0.815. The minimum absolute atomic E-state index is 0.0748. The van der Waals surface area contributed by atoms with E-state index in [9.17, 15) is 24.5 Å². The van der Waals surface area contributed by atoms with Crippen molar-refractivity contribution in [2.45, 2.75) is 13.0 Å². The van der Waals surface area contributed by atoms with Crippen molar-refractivity contribution in [1.29, 1.82) is 0 Å². The highest BCUT2D eigenvalue weighted by atomic mass is 16.6. The van der Waals surface area contributed by atoms with Gasteiger partial charge in [-0.25, -0.2) is 0 Å². The van der Waals surface area contributed by atoms with Crippen LogP contribution < -0.4 is 0 Å². The van der Waals surface area contributed by atoms with Gasteiger partial charge in [0, 0.05) is 33.4 Å². The predicted molar refractivity (Wildman–Crippen MR) is 93.4 cm³/mol. The van der Waals surface area contributed by atoms with Gasteiger partial charge in [-0.2, -0.15) is 0 Å². The molecule has 0 spiro atoms. The standard InChI is InChI=1S/C17H21N3O7/c1-11(15(21)18(7-9-26-2)8-10-27-3)19-16(22)12-5-4-6-13(20(24)25)14(12)17(19)23/h4-6,11H,7-10H2,1-3H3. The van der Waals surface area contributed by atoms with Gasteiger partial charge in [0.25, 0.3) is 17.5 Å². The third kappa shape index (κ3) is 3.96. The lowest BCUT2D eigenvalue weighted by Gasteiger charge is -2.29. The molecule has 1 aromatic rings. The van der Waals surface area contributed by atoms with Crippen LogP contribution in [0, 0.1) is 10.1 Å². The summed E-state index contributed by atoms with van der Waals surface area (Å²) in [6.45, 7) is 2.48. The predicted octanol–water partition coefficient (Wildman–Crippen LogP) is 0.701. The van der Waals surface area contributed by atoms with Gasteiger partial charge < -0.3 is 14.4 Å². The monoisotopic (exact) mass is 379 g/mol. The van der Waals surface area contributed by atoms with E-state index in [1.807, 2.05) is 0 Å². The molecule has 2 rings (SSSR count). The molecule has 1 aromatic carbocycles. The third-order valence-corrected chi connectivity index (χ3v) is 4.31. The number of methoxy groups -OCH3 is 2. The average molecular weight is 379 g/mol. The van der Waals surface area contributed by atoms with Gasteiger partial charge in [-0.15, -0.1) is 0 Å². The number of nitrogens with zero attached hydrogens (tertiary/aromatic N) is 3. The first kappa shape index (κ1) is 20.5. The fourth-order valence-corrected chi connectivity index (χ4v) is 2.90. The fourth-order valence-electron chi connectivity index (χ4n) is 2.90. The SMILES string of the molecule is COCCN(CCOC)C(=O)C(C)N1C(=O)c2cccc([N+](=O)[O-])c2C1=O. The molecule has 0 aliphatic carbocycles. The number of carbonyl (C=O) groups excluding carboxylic acids is 3. The Kier molecular flexibility index (Phi) is 6.59. The van der Waals surface area contributed by atoms with Crippen LogP contribution in [0.1, 0.15) is 27.6 Å². The van der Waals surface area contributed by atoms with Gasteiger partial charge in [-0.1, -0.05) is 6.07 Å². The van der Waals surface area contributed by atoms with Gasteiger partial charge in [0.1, 0.15) is 11.6 Å².